The van der Waals surface area contributed by atoms with Crippen LogP contribution in [0.2, 0.25) is 0 Å². The first-order chi connectivity index (χ1) is 18.6. The number of anilines is 3. The first-order valence-corrected chi connectivity index (χ1v) is 13.1. The predicted octanol–water partition coefficient (Wildman–Crippen LogP) is 5.00. The molecule has 2 aliphatic heterocycles. The molecule has 0 radical (unpaired) electrons. The van der Waals surface area contributed by atoms with Crippen LogP contribution in [0.3, 0.4) is 0 Å². The lowest BCUT2D eigenvalue weighted by molar-refractivity contribution is 0.216. The van der Waals surface area contributed by atoms with Crippen LogP contribution in [0.4, 0.5) is 17.1 Å². The number of aliphatic hydroxyl groups excluding tert-OH is 1. The zero-order valence-corrected chi connectivity index (χ0v) is 21.2. The van der Waals surface area contributed by atoms with E-state index in [2.05, 4.69) is 68.2 Å². The van der Waals surface area contributed by atoms with Gasteiger partial charge in [0.2, 0.25) is 6.35 Å². The van der Waals surface area contributed by atoms with Gasteiger partial charge < -0.3 is 15.7 Å². The van der Waals surface area contributed by atoms with Gasteiger partial charge in [-0.25, -0.2) is 0 Å². The molecule has 0 spiro atoms. The number of hydrogen-bond acceptors (Lipinski definition) is 7. The van der Waals surface area contributed by atoms with Crippen molar-refractivity contribution in [2.75, 3.05) is 23.3 Å². The predicted molar refractivity (Wildman–Crippen MR) is 150 cm³/mol. The number of piperidine rings is 1. The van der Waals surface area contributed by atoms with Crippen molar-refractivity contribution in [1.82, 2.24) is 25.1 Å². The van der Waals surface area contributed by atoms with Gasteiger partial charge in [0, 0.05) is 48.2 Å². The minimum Gasteiger partial charge on any atom is -0.356 e. The maximum Gasteiger partial charge on any atom is 0.209 e. The Hall–Kier alpha value is -4.27. The summed E-state index contributed by atoms with van der Waals surface area (Å²) in [5, 5.41) is 22.9. The molecule has 0 aliphatic carbocycles. The van der Waals surface area contributed by atoms with Crippen LogP contribution >= 0.6 is 0 Å². The SMILES string of the molecule is Cn1cc(-c2ccc(-c3ccc4ncc5c(c4c3)N(c3ccc(C4CCCNC4)cc3)C(O)N5)cn2)cn1. The minimum atomic E-state index is -0.872. The Bertz CT molecular complexity index is 1600. The van der Waals surface area contributed by atoms with Crippen LogP contribution < -0.4 is 15.5 Å². The molecule has 8 heteroatoms. The van der Waals surface area contributed by atoms with E-state index in [-0.39, 0.29) is 0 Å². The van der Waals surface area contributed by atoms with E-state index < -0.39 is 6.35 Å². The minimum absolute atomic E-state index is 0.539. The highest BCUT2D eigenvalue weighted by Crippen LogP contribution is 2.44. The van der Waals surface area contributed by atoms with E-state index in [1.807, 2.05) is 42.7 Å². The highest BCUT2D eigenvalue weighted by Gasteiger charge is 2.31. The van der Waals surface area contributed by atoms with Gasteiger partial charge in [0.1, 0.15) is 0 Å². The molecule has 2 aromatic carbocycles. The monoisotopic (exact) mass is 503 g/mol. The third-order valence-corrected chi connectivity index (χ3v) is 7.65. The smallest absolute Gasteiger partial charge is 0.209 e. The van der Waals surface area contributed by atoms with E-state index in [9.17, 15) is 5.11 Å². The molecule has 2 aliphatic rings. The molecule has 0 saturated carbocycles. The molecule has 5 heterocycles. The summed E-state index contributed by atoms with van der Waals surface area (Å²) >= 11 is 0. The fraction of sp³-hybridized carbons (Fsp3) is 0.233. The maximum atomic E-state index is 11.0. The molecule has 190 valence electrons. The number of aliphatic hydroxyl groups is 1. The van der Waals surface area contributed by atoms with E-state index in [0.29, 0.717) is 5.92 Å². The van der Waals surface area contributed by atoms with Gasteiger partial charge in [-0.3, -0.25) is 19.5 Å². The Morgan fingerprint density at radius 1 is 0.921 bits per heavy atom. The molecule has 1 saturated heterocycles. The number of nitrogens with one attached hydrogen (secondary N) is 2. The second-order valence-corrected chi connectivity index (χ2v) is 10.1. The Balaban J connectivity index is 1.25. The lowest BCUT2D eigenvalue weighted by Crippen LogP contribution is -2.31. The lowest BCUT2D eigenvalue weighted by Gasteiger charge is -2.26. The van der Waals surface area contributed by atoms with E-state index in [1.54, 1.807) is 10.9 Å². The molecule has 3 N–H and O–H groups in total. The van der Waals surface area contributed by atoms with Crippen molar-refractivity contribution in [3.05, 3.63) is 84.9 Å². The van der Waals surface area contributed by atoms with Gasteiger partial charge in [0.05, 0.1) is 35.0 Å². The van der Waals surface area contributed by atoms with Crippen molar-refractivity contribution in [3.8, 4) is 22.4 Å². The van der Waals surface area contributed by atoms with E-state index in [0.717, 1.165) is 63.4 Å². The zero-order valence-electron chi connectivity index (χ0n) is 21.2. The van der Waals surface area contributed by atoms with Crippen LogP contribution in [0.5, 0.6) is 0 Å². The Kier molecular flexibility index (Phi) is 5.56. The van der Waals surface area contributed by atoms with Crippen LogP contribution in [0.1, 0.15) is 24.3 Å². The van der Waals surface area contributed by atoms with Crippen LogP contribution in [0.25, 0.3) is 33.3 Å². The quantitative estimate of drug-likeness (QED) is 0.318. The Morgan fingerprint density at radius 2 is 1.79 bits per heavy atom. The molecular weight excluding hydrogens is 474 g/mol. The number of hydrogen-bond donors (Lipinski definition) is 3. The summed E-state index contributed by atoms with van der Waals surface area (Å²) in [6.07, 6.45) is 9.01. The third-order valence-electron chi connectivity index (χ3n) is 7.65. The summed E-state index contributed by atoms with van der Waals surface area (Å²) in [5.74, 6) is 0.539. The van der Waals surface area contributed by atoms with Gasteiger partial charge >= 0.3 is 0 Å². The number of benzene rings is 2. The van der Waals surface area contributed by atoms with Crippen LogP contribution in [-0.2, 0) is 7.05 Å². The fourth-order valence-corrected chi connectivity index (χ4v) is 5.65. The number of fused-ring (bicyclic) bond motifs is 3. The van der Waals surface area contributed by atoms with E-state index in [1.165, 1.54) is 18.4 Å². The second kappa shape index (κ2) is 9.24. The summed E-state index contributed by atoms with van der Waals surface area (Å²) in [6, 6.07) is 19.0. The first-order valence-electron chi connectivity index (χ1n) is 13.1. The molecule has 38 heavy (non-hydrogen) atoms. The first kappa shape index (κ1) is 22.9. The van der Waals surface area contributed by atoms with Gasteiger partial charge in [-0.05, 0) is 66.8 Å². The highest BCUT2D eigenvalue weighted by molar-refractivity contribution is 6.04. The molecular formula is C30H29N7O. The molecule has 1 fully saturated rings. The van der Waals surface area contributed by atoms with Crippen LogP contribution in [0.15, 0.2) is 79.4 Å². The molecule has 0 bridgehead atoms. The number of nitrogens with zero attached hydrogens (tertiary/aromatic N) is 5. The zero-order chi connectivity index (χ0) is 25.6. The van der Waals surface area contributed by atoms with E-state index in [4.69, 9.17) is 0 Å². The van der Waals surface area contributed by atoms with Crippen molar-refractivity contribution in [2.24, 2.45) is 7.05 Å². The van der Waals surface area contributed by atoms with Gasteiger partial charge in [-0.15, -0.1) is 0 Å². The third kappa shape index (κ3) is 3.98. The Labute approximate surface area is 221 Å². The average molecular weight is 504 g/mol. The molecule has 8 nitrogen and oxygen atoms in total. The summed E-state index contributed by atoms with van der Waals surface area (Å²) in [7, 11) is 1.90. The van der Waals surface area contributed by atoms with Crippen molar-refractivity contribution >= 4 is 28.0 Å². The second-order valence-electron chi connectivity index (χ2n) is 10.1. The van der Waals surface area contributed by atoms with Crippen molar-refractivity contribution < 1.29 is 5.11 Å². The number of aryl methyl sites for hydroxylation is 1. The number of aromatic nitrogens is 4. The molecule has 7 rings (SSSR count). The highest BCUT2D eigenvalue weighted by atomic mass is 16.3. The lowest BCUT2D eigenvalue weighted by atomic mass is 9.91. The Morgan fingerprint density at radius 3 is 2.53 bits per heavy atom. The average Bonchev–Trinajstić information content (AvgIpc) is 3.56. The topological polar surface area (TPSA) is 91.1 Å². The summed E-state index contributed by atoms with van der Waals surface area (Å²) in [5.41, 5.74) is 8.82. The fourth-order valence-electron chi connectivity index (χ4n) is 5.65. The summed E-state index contributed by atoms with van der Waals surface area (Å²) < 4.78 is 1.77. The summed E-state index contributed by atoms with van der Waals surface area (Å²) in [6.45, 7) is 2.12. The van der Waals surface area contributed by atoms with Crippen LogP contribution in [0, 0.1) is 0 Å². The van der Waals surface area contributed by atoms with Gasteiger partial charge in [-0.2, -0.15) is 5.10 Å². The molecule has 2 unspecified atom stereocenters. The van der Waals surface area contributed by atoms with Gasteiger partial charge in [0.25, 0.3) is 0 Å². The number of pyridine rings is 2. The van der Waals surface area contributed by atoms with Gasteiger partial charge in [0.15, 0.2) is 0 Å². The van der Waals surface area contributed by atoms with Crippen molar-refractivity contribution in [2.45, 2.75) is 25.1 Å². The molecule has 5 aromatic rings. The molecule has 3 aromatic heterocycles. The summed E-state index contributed by atoms with van der Waals surface area (Å²) in [4.78, 5) is 11.3. The number of rotatable bonds is 4. The maximum absolute atomic E-state index is 11.0. The van der Waals surface area contributed by atoms with Crippen molar-refractivity contribution in [3.63, 3.8) is 0 Å². The van der Waals surface area contributed by atoms with E-state index >= 15 is 0 Å². The van der Waals surface area contributed by atoms with Crippen LogP contribution in [-0.4, -0.2) is 44.3 Å². The van der Waals surface area contributed by atoms with Gasteiger partial charge in [-0.1, -0.05) is 24.3 Å². The standard InChI is InChI=1S/C30H29N7O/c1-36-18-23(16-34-36)26-10-7-22(15-32-26)20-6-11-27-25(13-20)29-28(17-33-27)35-30(38)37(29)24-8-4-19(5-9-24)21-3-2-12-31-14-21/h4-11,13,15-18,21,30-31,35,38H,2-3,12,14H2,1H3. The largest absolute Gasteiger partial charge is 0.356 e. The normalized spacial score (nSPS) is 18.9. The molecule has 2 atom stereocenters. The molecule has 0 amide bonds. The van der Waals surface area contributed by atoms with Crippen molar-refractivity contribution in [1.29, 1.82) is 0 Å².